The highest BCUT2D eigenvalue weighted by Crippen LogP contribution is 2.43. The van der Waals surface area contributed by atoms with Gasteiger partial charge in [0.05, 0.1) is 27.7 Å². The molecule has 10 heteroatoms. The zero-order valence-electron chi connectivity index (χ0n) is 45.7. The van der Waals surface area contributed by atoms with Crippen molar-refractivity contribution < 1.29 is 42.1 Å². The van der Waals surface area contributed by atoms with E-state index in [0.29, 0.717) is 17.4 Å². The fourth-order valence-electron chi connectivity index (χ4n) is 7.54. The summed E-state index contributed by atoms with van der Waals surface area (Å²) in [4.78, 5) is 35.7. The number of hydrogen-bond donors (Lipinski definition) is 1. The molecule has 0 aromatic heterocycles. The molecule has 0 aliphatic rings. The van der Waals surface area contributed by atoms with Crippen LogP contribution in [0.4, 0.5) is 0 Å². The van der Waals surface area contributed by atoms with Crippen molar-refractivity contribution in [1.82, 2.24) is 0 Å². The number of quaternary nitrogens is 1. The highest BCUT2D eigenvalue weighted by Gasteiger charge is 2.27. The number of phosphoric ester groups is 1. The number of hydrogen-bond acceptors (Lipinski definition) is 7. The van der Waals surface area contributed by atoms with E-state index in [0.717, 1.165) is 83.5 Å². The van der Waals surface area contributed by atoms with Crippen molar-refractivity contribution in [2.24, 2.45) is 0 Å². The molecule has 2 unspecified atom stereocenters. The van der Waals surface area contributed by atoms with Gasteiger partial charge in [-0.2, -0.15) is 0 Å². The average Bonchev–Trinajstić information content (AvgIpc) is 3.32. The molecule has 0 radical (unpaired) electrons. The van der Waals surface area contributed by atoms with Crippen molar-refractivity contribution in [2.75, 3.05) is 47.5 Å². The Morgan fingerprint density at radius 2 is 0.814 bits per heavy atom. The van der Waals surface area contributed by atoms with Gasteiger partial charge in [0.1, 0.15) is 19.8 Å². The molecule has 9 nitrogen and oxygen atoms in total. The number of carbonyl (C=O) groups excluding carboxylic acids is 2. The Balaban J connectivity index is 4.22. The number of esters is 2. The van der Waals surface area contributed by atoms with Crippen LogP contribution in [0.3, 0.4) is 0 Å². The van der Waals surface area contributed by atoms with Crippen LogP contribution < -0.4 is 0 Å². The summed E-state index contributed by atoms with van der Waals surface area (Å²) in [6, 6.07) is 0. The molecule has 0 aromatic carbocycles. The van der Waals surface area contributed by atoms with Crippen LogP contribution in [0, 0.1) is 0 Å². The van der Waals surface area contributed by atoms with Gasteiger partial charge < -0.3 is 18.9 Å². The van der Waals surface area contributed by atoms with Gasteiger partial charge in [0.15, 0.2) is 6.10 Å². The molecule has 0 aliphatic heterocycles. The first kappa shape index (κ1) is 67.2. The number of rotatable bonds is 51. The van der Waals surface area contributed by atoms with E-state index in [4.69, 9.17) is 18.5 Å². The van der Waals surface area contributed by atoms with E-state index in [2.05, 4.69) is 98.9 Å². The van der Waals surface area contributed by atoms with Crippen molar-refractivity contribution in [2.45, 2.75) is 238 Å². The van der Waals surface area contributed by atoms with Gasteiger partial charge in [-0.05, 0) is 89.9 Å². The van der Waals surface area contributed by atoms with E-state index in [-0.39, 0.29) is 32.0 Å². The van der Waals surface area contributed by atoms with E-state index in [1.807, 2.05) is 21.1 Å². The van der Waals surface area contributed by atoms with Crippen LogP contribution in [0.1, 0.15) is 232 Å². The summed E-state index contributed by atoms with van der Waals surface area (Å²) in [7, 11) is 1.46. The molecule has 70 heavy (non-hydrogen) atoms. The lowest BCUT2D eigenvalue weighted by atomic mass is 10.1. The molecule has 0 saturated heterocycles. The summed E-state index contributed by atoms with van der Waals surface area (Å²) in [5, 5.41) is 0. The number of nitrogens with zero attached hydrogens (tertiary/aromatic N) is 1. The molecule has 0 heterocycles. The minimum absolute atomic E-state index is 0.0254. The Morgan fingerprint density at radius 3 is 1.21 bits per heavy atom. The molecule has 0 bridgehead atoms. The Hall–Kier alpha value is -2.81. The van der Waals surface area contributed by atoms with Gasteiger partial charge in [-0.25, -0.2) is 4.57 Å². The minimum atomic E-state index is -4.39. The van der Waals surface area contributed by atoms with Crippen molar-refractivity contribution in [3.05, 3.63) is 85.1 Å². The van der Waals surface area contributed by atoms with Crippen LogP contribution in [0.2, 0.25) is 0 Å². The van der Waals surface area contributed by atoms with Gasteiger partial charge in [-0.1, -0.05) is 214 Å². The van der Waals surface area contributed by atoms with Crippen LogP contribution in [0.5, 0.6) is 0 Å². The monoisotopic (exact) mass is 1000 g/mol. The highest BCUT2D eigenvalue weighted by atomic mass is 31.2. The second-order valence-corrected chi connectivity index (χ2v) is 21.4. The second kappa shape index (κ2) is 51.1. The van der Waals surface area contributed by atoms with Crippen molar-refractivity contribution in [3.63, 3.8) is 0 Å². The molecule has 0 fully saturated rings. The molecule has 0 spiro atoms. The largest absolute Gasteiger partial charge is 0.472 e. The second-order valence-electron chi connectivity index (χ2n) is 19.9. The van der Waals surface area contributed by atoms with E-state index in [9.17, 15) is 19.0 Å². The van der Waals surface area contributed by atoms with Crippen LogP contribution in [-0.4, -0.2) is 74.9 Å². The van der Waals surface area contributed by atoms with Crippen LogP contribution in [0.25, 0.3) is 0 Å². The van der Waals surface area contributed by atoms with Crippen LogP contribution in [0.15, 0.2) is 85.1 Å². The third-order valence-corrected chi connectivity index (χ3v) is 12.9. The predicted molar refractivity (Wildman–Crippen MR) is 298 cm³/mol. The molecule has 0 saturated carbocycles. The number of unbranched alkanes of at least 4 members (excludes halogenated alkanes) is 23. The maximum Gasteiger partial charge on any atom is 0.472 e. The fraction of sp³-hybridized carbons (Fsp3) is 0.733. The number of allylic oxidation sites excluding steroid dienone is 14. The normalized spacial score (nSPS) is 14.0. The fourth-order valence-corrected chi connectivity index (χ4v) is 8.28. The molecular formula is C60H107NO8P+. The Kier molecular flexibility index (Phi) is 49.1. The Morgan fingerprint density at radius 1 is 0.457 bits per heavy atom. The van der Waals surface area contributed by atoms with E-state index in [1.54, 1.807) is 0 Å². The zero-order chi connectivity index (χ0) is 51.3. The van der Waals surface area contributed by atoms with Crippen molar-refractivity contribution >= 4 is 19.8 Å². The lowest BCUT2D eigenvalue weighted by Crippen LogP contribution is -2.37. The van der Waals surface area contributed by atoms with Gasteiger partial charge in [-0.15, -0.1) is 0 Å². The average molecular weight is 1000 g/mol. The van der Waals surface area contributed by atoms with Gasteiger partial charge >= 0.3 is 19.8 Å². The third-order valence-electron chi connectivity index (χ3n) is 11.9. The quantitative estimate of drug-likeness (QED) is 0.0211. The van der Waals surface area contributed by atoms with Gasteiger partial charge in [-0.3, -0.25) is 18.6 Å². The first-order valence-corrected chi connectivity index (χ1v) is 29.8. The molecule has 0 aromatic rings. The minimum Gasteiger partial charge on any atom is -0.462 e. The zero-order valence-corrected chi connectivity index (χ0v) is 46.6. The van der Waals surface area contributed by atoms with Gasteiger partial charge in [0.25, 0.3) is 0 Å². The van der Waals surface area contributed by atoms with E-state index < -0.39 is 26.5 Å². The summed E-state index contributed by atoms with van der Waals surface area (Å²) < 4.78 is 34.5. The lowest BCUT2D eigenvalue weighted by Gasteiger charge is -2.24. The summed E-state index contributed by atoms with van der Waals surface area (Å²) in [6.07, 6.45) is 67.8. The maximum atomic E-state index is 12.8. The molecule has 0 aliphatic carbocycles. The standard InChI is InChI=1S/C60H106NO8P/c1-6-8-10-12-14-16-18-20-22-24-26-28-29-30-31-33-34-36-38-40-42-44-46-48-50-52-59(62)66-56-58(57-68-70(64,65)67-55-54-61(3,4)5)69-60(63)53-51-49-47-45-43-41-39-37-35-32-27-25-23-21-19-17-15-13-11-9-7-2/h9,11,15,17-18,20-21,23-24,26-27,29-30,32,58H,6-8,10,12-14,16,19,22,25,28,31,33-57H2,1-5H3/p+1/b11-9-,17-15-,20-18-,23-21-,26-24-,30-29-,32-27-. The highest BCUT2D eigenvalue weighted by molar-refractivity contribution is 7.47. The summed E-state index contributed by atoms with van der Waals surface area (Å²) in [5.41, 5.74) is 0. The van der Waals surface area contributed by atoms with E-state index >= 15 is 0 Å². The van der Waals surface area contributed by atoms with E-state index in [1.165, 1.54) is 116 Å². The predicted octanol–water partition coefficient (Wildman–Crippen LogP) is 17.5. The summed E-state index contributed by atoms with van der Waals surface area (Å²) >= 11 is 0. The van der Waals surface area contributed by atoms with Crippen molar-refractivity contribution in [3.8, 4) is 0 Å². The Labute approximate surface area is 431 Å². The molecule has 0 rings (SSSR count). The summed E-state index contributed by atoms with van der Waals surface area (Å²) in [5.74, 6) is -0.812. The molecular weight excluding hydrogens is 894 g/mol. The third kappa shape index (κ3) is 54.5. The summed E-state index contributed by atoms with van der Waals surface area (Å²) in [6.45, 7) is 4.30. The molecule has 1 N–H and O–H groups in total. The maximum absolute atomic E-state index is 12.8. The van der Waals surface area contributed by atoms with Gasteiger partial charge in [0, 0.05) is 12.8 Å². The number of phosphoric acid groups is 1. The molecule has 404 valence electrons. The number of ether oxygens (including phenoxy) is 2. The molecule has 0 amide bonds. The first-order chi connectivity index (χ1) is 34.0. The van der Waals surface area contributed by atoms with Crippen LogP contribution >= 0.6 is 7.82 Å². The number of carbonyl (C=O) groups is 2. The Bertz CT molecular complexity index is 1460. The topological polar surface area (TPSA) is 108 Å². The van der Waals surface area contributed by atoms with Gasteiger partial charge in [0.2, 0.25) is 0 Å². The lowest BCUT2D eigenvalue weighted by molar-refractivity contribution is -0.870. The van der Waals surface area contributed by atoms with Crippen molar-refractivity contribution in [1.29, 1.82) is 0 Å². The smallest absolute Gasteiger partial charge is 0.462 e. The first-order valence-electron chi connectivity index (χ1n) is 28.3. The SMILES string of the molecule is CC/C=C\C/C=C\C/C=C\C/C=C\CCCCCCCCCCC(=O)OC(COC(=O)CCCCCCCCCCCC/C=C\C/C=C\C/C=C\CCCCCCC)COP(=O)(O)OCC[N+](C)(C)C. The molecule has 2 atom stereocenters. The van der Waals surface area contributed by atoms with Crippen LogP contribution in [-0.2, 0) is 32.7 Å². The number of likely N-dealkylation sites (N-methyl/N-ethyl adjacent to an activating group) is 1.